The lowest BCUT2D eigenvalue weighted by molar-refractivity contribution is 0.102. The first-order valence-corrected chi connectivity index (χ1v) is 6.87. The molecule has 0 heterocycles. The average molecular weight is 284 g/mol. The van der Waals surface area contributed by atoms with E-state index in [4.69, 9.17) is 4.74 Å². The van der Waals surface area contributed by atoms with Gasteiger partial charge < -0.3 is 15.4 Å². The van der Waals surface area contributed by atoms with E-state index >= 15 is 0 Å². The van der Waals surface area contributed by atoms with Crippen LogP contribution in [0.1, 0.15) is 28.9 Å². The summed E-state index contributed by atoms with van der Waals surface area (Å²) in [5.74, 6) is 0.386. The number of para-hydroxylation sites is 1. The molecule has 0 radical (unpaired) electrons. The fourth-order valence-electron chi connectivity index (χ4n) is 2.08. The van der Waals surface area contributed by atoms with E-state index < -0.39 is 0 Å². The quantitative estimate of drug-likeness (QED) is 0.886. The van der Waals surface area contributed by atoms with Crippen LogP contribution in [-0.2, 0) is 0 Å². The minimum absolute atomic E-state index is 0.179. The molecule has 1 amide bonds. The third-order valence-electron chi connectivity index (χ3n) is 3.43. The number of nitrogens with one attached hydrogen (secondary N) is 2. The minimum Gasteiger partial charge on any atom is -0.496 e. The third-order valence-corrected chi connectivity index (χ3v) is 3.43. The van der Waals surface area contributed by atoms with Gasteiger partial charge in [-0.05, 0) is 43.8 Å². The topological polar surface area (TPSA) is 50.4 Å². The first-order valence-electron chi connectivity index (χ1n) is 6.87. The lowest BCUT2D eigenvalue weighted by Gasteiger charge is -2.13. The molecular weight excluding hydrogens is 264 g/mol. The maximum atomic E-state index is 12.3. The molecule has 2 aromatic rings. The number of rotatable bonds is 5. The van der Waals surface area contributed by atoms with Crippen LogP contribution in [0.5, 0.6) is 5.75 Å². The van der Waals surface area contributed by atoms with Gasteiger partial charge in [0.2, 0.25) is 0 Å². The summed E-state index contributed by atoms with van der Waals surface area (Å²) in [7, 11) is 3.46. The summed E-state index contributed by atoms with van der Waals surface area (Å²) in [4.78, 5) is 12.3. The van der Waals surface area contributed by atoms with Crippen molar-refractivity contribution < 1.29 is 9.53 Å². The molecule has 0 aromatic heterocycles. The molecule has 110 valence electrons. The highest BCUT2D eigenvalue weighted by atomic mass is 16.5. The molecular formula is C17H20N2O2. The van der Waals surface area contributed by atoms with E-state index in [1.54, 1.807) is 19.2 Å². The lowest BCUT2D eigenvalue weighted by Crippen LogP contribution is -2.15. The van der Waals surface area contributed by atoms with Crippen LogP contribution < -0.4 is 15.4 Å². The number of ether oxygens (including phenoxy) is 1. The summed E-state index contributed by atoms with van der Waals surface area (Å²) in [5, 5.41) is 6.08. The molecule has 0 aliphatic carbocycles. The fourth-order valence-corrected chi connectivity index (χ4v) is 2.08. The van der Waals surface area contributed by atoms with E-state index in [0.717, 1.165) is 11.3 Å². The van der Waals surface area contributed by atoms with E-state index in [1.807, 2.05) is 43.4 Å². The van der Waals surface area contributed by atoms with Crippen LogP contribution in [0.4, 0.5) is 5.69 Å². The van der Waals surface area contributed by atoms with Crippen molar-refractivity contribution >= 4 is 11.6 Å². The number of benzene rings is 2. The molecule has 0 saturated heterocycles. The SMILES string of the molecule is CNC(C)c1cccc(NC(=O)c2ccccc2OC)c1. The van der Waals surface area contributed by atoms with Gasteiger partial charge in [-0.25, -0.2) is 0 Å². The predicted octanol–water partition coefficient (Wildman–Crippen LogP) is 3.23. The molecule has 2 N–H and O–H groups in total. The summed E-state index contributed by atoms with van der Waals surface area (Å²) < 4.78 is 5.21. The van der Waals surface area contributed by atoms with Crippen LogP contribution in [0, 0.1) is 0 Å². The van der Waals surface area contributed by atoms with E-state index in [9.17, 15) is 4.79 Å². The Morgan fingerprint density at radius 2 is 1.90 bits per heavy atom. The number of carbonyl (C=O) groups excluding carboxylic acids is 1. The normalized spacial score (nSPS) is 11.8. The van der Waals surface area contributed by atoms with Crippen molar-refractivity contribution in [2.24, 2.45) is 0 Å². The monoisotopic (exact) mass is 284 g/mol. The van der Waals surface area contributed by atoms with E-state index in [0.29, 0.717) is 11.3 Å². The van der Waals surface area contributed by atoms with Crippen LogP contribution in [0.3, 0.4) is 0 Å². The van der Waals surface area contributed by atoms with Crippen molar-refractivity contribution in [2.75, 3.05) is 19.5 Å². The number of hydrogen-bond acceptors (Lipinski definition) is 3. The van der Waals surface area contributed by atoms with Gasteiger partial charge in [0, 0.05) is 11.7 Å². The van der Waals surface area contributed by atoms with Gasteiger partial charge in [0.05, 0.1) is 12.7 Å². The molecule has 2 aromatic carbocycles. The second-order valence-electron chi connectivity index (χ2n) is 4.79. The number of amides is 1. The Hall–Kier alpha value is -2.33. The zero-order valence-corrected chi connectivity index (χ0v) is 12.5. The molecule has 4 nitrogen and oxygen atoms in total. The minimum atomic E-state index is -0.179. The first-order chi connectivity index (χ1) is 10.2. The number of methoxy groups -OCH3 is 1. The zero-order chi connectivity index (χ0) is 15.2. The van der Waals surface area contributed by atoms with Gasteiger partial charge in [0.1, 0.15) is 5.75 Å². The van der Waals surface area contributed by atoms with Gasteiger partial charge >= 0.3 is 0 Å². The average Bonchev–Trinajstić information content (AvgIpc) is 2.54. The van der Waals surface area contributed by atoms with E-state index in [2.05, 4.69) is 17.6 Å². The summed E-state index contributed by atoms with van der Waals surface area (Å²) in [6, 6.07) is 15.2. The Bertz CT molecular complexity index is 626. The number of carbonyl (C=O) groups is 1. The molecule has 0 saturated carbocycles. The Kier molecular flexibility index (Phi) is 4.95. The molecule has 0 bridgehead atoms. The number of anilines is 1. The van der Waals surface area contributed by atoms with Crippen LogP contribution in [0.25, 0.3) is 0 Å². The molecule has 4 heteroatoms. The molecule has 2 rings (SSSR count). The van der Waals surface area contributed by atoms with E-state index in [1.165, 1.54) is 0 Å². The van der Waals surface area contributed by atoms with Crippen molar-refractivity contribution in [3.05, 3.63) is 59.7 Å². The summed E-state index contributed by atoms with van der Waals surface area (Å²) >= 11 is 0. The maximum absolute atomic E-state index is 12.3. The van der Waals surface area contributed by atoms with E-state index in [-0.39, 0.29) is 11.9 Å². The van der Waals surface area contributed by atoms with Crippen LogP contribution >= 0.6 is 0 Å². The standard InChI is InChI=1S/C17H20N2O2/c1-12(18-2)13-7-6-8-14(11-13)19-17(20)15-9-4-5-10-16(15)21-3/h4-12,18H,1-3H3,(H,19,20). The zero-order valence-electron chi connectivity index (χ0n) is 12.5. The van der Waals surface area contributed by atoms with Crippen molar-refractivity contribution in [1.82, 2.24) is 5.32 Å². The molecule has 0 fully saturated rings. The molecule has 0 aliphatic heterocycles. The van der Waals surface area contributed by atoms with Gasteiger partial charge in [-0.1, -0.05) is 24.3 Å². The van der Waals surface area contributed by atoms with Gasteiger partial charge in [-0.15, -0.1) is 0 Å². The molecule has 1 atom stereocenters. The van der Waals surface area contributed by atoms with Crippen molar-refractivity contribution in [3.63, 3.8) is 0 Å². The van der Waals surface area contributed by atoms with Crippen molar-refractivity contribution in [3.8, 4) is 5.75 Å². The Morgan fingerprint density at radius 3 is 2.62 bits per heavy atom. The van der Waals surface area contributed by atoms with Crippen molar-refractivity contribution in [2.45, 2.75) is 13.0 Å². The van der Waals surface area contributed by atoms with Crippen LogP contribution in [0.15, 0.2) is 48.5 Å². The molecule has 1 unspecified atom stereocenters. The molecule has 0 spiro atoms. The number of hydrogen-bond donors (Lipinski definition) is 2. The Labute approximate surface area is 125 Å². The smallest absolute Gasteiger partial charge is 0.259 e. The summed E-state index contributed by atoms with van der Waals surface area (Å²) in [5.41, 5.74) is 2.41. The van der Waals surface area contributed by atoms with Gasteiger partial charge in [0.15, 0.2) is 0 Å². The first kappa shape index (κ1) is 15.1. The summed E-state index contributed by atoms with van der Waals surface area (Å²) in [6.07, 6.45) is 0. The lowest BCUT2D eigenvalue weighted by atomic mass is 10.1. The largest absolute Gasteiger partial charge is 0.496 e. The highest BCUT2D eigenvalue weighted by molar-refractivity contribution is 6.06. The fraction of sp³-hybridized carbons (Fsp3) is 0.235. The second kappa shape index (κ2) is 6.90. The maximum Gasteiger partial charge on any atom is 0.259 e. The highest BCUT2D eigenvalue weighted by Gasteiger charge is 2.12. The third kappa shape index (κ3) is 3.61. The molecule has 0 aliphatic rings. The van der Waals surface area contributed by atoms with Gasteiger partial charge in [-0.2, -0.15) is 0 Å². The van der Waals surface area contributed by atoms with Crippen LogP contribution in [0.2, 0.25) is 0 Å². The highest BCUT2D eigenvalue weighted by Crippen LogP contribution is 2.21. The second-order valence-corrected chi connectivity index (χ2v) is 4.79. The van der Waals surface area contributed by atoms with Crippen LogP contribution in [-0.4, -0.2) is 20.1 Å². The summed E-state index contributed by atoms with van der Waals surface area (Å²) in [6.45, 7) is 2.07. The molecule has 21 heavy (non-hydrogen) atoms. The van der Waals surface area contributed by atoms with Crippen molar-refractivity contribution in [1.29, 1.82) is 0 Å². The van der Waals surface area contributed by atoms with Gasteiger partial charge in [-0.3, -0.25) is 4.79 Å². The van der Waals surface area contributed by atoms with Gasteiger partial charge in [0.25, 0.3) is 5.91 Å². The Balaban J connectivity index is 2.20. The Morgan fingerprint density at radius 1 is 1.14 bits per heavy atom. The predicted molar refractivity (Wildman–Crippen MR) is 84.9 cm³/mol.